The molecule has 0 aromatic carbocycles. The normalized spacial score (nSPS) is 20.9. The van der Waals surface area contributed by atoms with Crippen LogP contribution in [-0.4, -0.2) is 112 Å². The topological polar surface area (TPSA) is 99.7 Å². The van der Waals surface area contributed by atoms with Gasteiger partial charge in [-0.25, -0.2) is 4.98 Å². The molecule has 11 heteroatoms. The van der Waals surface area contributed by atoms with Gasteiger partial charge in [-0.2, -0.15) is 0 Å². The van der Waals surface area contributed by atoms with Crippen molar-refractivity contribution in [1.82, 2.24) is 14.8 Å². The molecule has 0 atom stereocenters. The molecule has 1 aromatic rings. The maximum absolute atomic E-state index is 13.0. The Hall–Kier alpha value is -1.63. The predicted octanol–water partition coefficient (Wildman–Crippen LogP) is 1.90. The number of methoxy groups -OCH3 is 1. The molecular weight excluding hydrogens is 474 g/mol. The number of piperidine rings is 2. The fourth-order valence-corrected chi connectivity index (χ4v) is 5.65. The number of carbonyl (C=O) groups is 2. The maximum atomic E-state index is 13.0. The second-order valence-electron chi connectivity index (χ2n) is 9.14. The Bertz CT molecular complexity index is 812. The van der Waals surface area contributed by atoms with Gasteiger partial charge < -0.3 is 33.5 Å². The van der Waals surface area contributed by atoms with Crippen molar-refractivity contribution in [2.24, 2.45) is 0 Å². The highest BCUT2D eigenvalue weighted by atomic mass is 32.1. The van der Waals surface area contributed by atoms with Crippen LogP contribution in [0.25, 0.3) is 0 Å². The molecule has 0 saturated carbocycles. The zero-order valence-electron chi connectivity index (χ0n) is 20.6. The molecule has 3 aliphatic heterocycles. The summed E-state index contributed by atoms with van der Waals surface area (Å²) in [5, 5.41) is 2.85. The molecule has 0 radical (unpaired) electrons. The van der Waals surface area contributed by atoms with Crippen LogP contribution in [0.15, 0.2) is 5.38 Å². The van der Waals surface area contributed by atoms with Gasteiger partial charge in [-0.15, -0.1) is 11.3 Å². The van der Waals surface area contributed by atoms with E-state index in [9.17, 15) is 9.59 Å². The fraction of sp³-hybridized carbons (Fsp3) is 0.792. The van der Waals surface area contributed by atoms with E-state index < -0.39 is 5.79 Å². The molecular formula is C24H37N3O7S. The van der Waals surface area contributed by atoms with Gasteiger partial charge in [-0.05, 0) is 19.3 Å². The third-order valence-electron chi connectivity index (χ3n) is 6.80. The first-order valence-corrected chi connectivity index (χ1v) is 13.4. The number of hydrogen-bond acceptors (Lipinski definition) is 9. The molecule has 3 aliphatic rings. The van der Waals surface area contributed by atoms with Crippen molar-refractivity contribution in [3.63, 3.8) is 0 Å². The molecule has 196 valence electrons. The summed E-state index contributed by atoms with van der Waals surface area (Å²) in [5.41, 5.74) is 0.519. The molecule has 0 bridgehead atoms. The third-order valence-corrected chi connectivity index (χ3v) is 7.81. The fourth-order valence-electron chi connectivity index (χ4n) is 4.68. The van der Waals surface area contributed by atoms with Crippen LogP contribution in [0.5, 0.6) is 0 Å². The number of amides is 2. The van der Waals surface area contributed by atoms with Crippen LogP contribution < -0.4 is 0 Å². The Morgan fingerprint density at radius 3 is 2.43 bits per heavy atom. The summed E-state index contributed by atoms with van der Waals surface area (Å²) in [4.78, 5) is 33.8. The number of carbonyl (C=O) groups excluding carboxylic acids is 2. The SMILES string of the molecule is COCCOCCOCC(=O)N1CCC(c2nc(C(=O)N3CCC4(CC3)OCCCO4)cs2)CC1. The lowest BCUT2D eigenvalue weighted by atomic mass is 9.97. The second-order valence-corrected chi connectivity index (χ2v) is 10.0. The van der Waals surface area contributed by atoms with Crippen molar-refractivity contribution in [2.45, 2.75) is 43.8 Å². The minimum Gasteiger partial charge on any atom is -0.382 e. The summed E-state index contributed by atoms with van der Waals surface area (Å²) in [6.45, 7) is 6.02. The van der Waals surface area contributed by atoms with Crippen LogP contribution in [0.2, 0.25) is 0 Å². The van der Waals surface area contributed by atoms with E-state index >= 15 is 0 Å². The lowest BCUT2D eigenvalue weighted by molar-refractivity contribution is -0.281. The van der Waals surface area contributed by atoms with Gasteiger partial charge >= 0.3 is 0 Å². The summed E-state index contributed by atoms with van der Waals surface area (Å²) >= 11 is 1.55. The van der Waals surface area contributed by atoms with Gasteiger partial charge in [0, 0.05) is 57.4 Å². The van der Waals surface area contributed by atoms with E-state index in [1.807, 2.05) is 15.2 Å². The molecule has 3 saturated heterocycles. The number of hydrogen-bond donors (Lipinski definition) is 0. The highest BCUT2D eigenvalue weighted by Crippen LogP contribution is 2.33. The van der Waals surface area contributed by atoms with Gasteiger partial charge in [-0.3, -0.25) is 9.59 Å². The van der Waals surface area contributed by atoms with E-state index in [4.69, 9.17) is 23.7 Å². The summed E-state index contributed by atoms with van der Waals surface area (Å²) in [6.07, 6.45) is 4.01. The molecule has 2 amide bonds. The first-order chi connectivity index (χ1) is 17.1. The summed E-state index contributed by atoms with van der Waals surface area (Å²) < 4.78 is 27.4. The number of thiazole rings is 1. The molecule has 35 heavy (non-hydrogen) atoms. The van der Waals surface area contributed by atoms with Gasteiger partial charge in [0.1, 0.15) is 12.3 Å². The van der Waals surface area contributed by atoms with Crippen molar-refractivity contribution < 1.29 is 33.3 Å². The van der Waals surface area contributed by atoms with Crippen molar-refractivity contribution in [1.29, 1.82) is 0 Å². The standard InChI is InChI=1S/C24H37N3O7S/c1-30-13-14-31-15-16-32-17-21(28)26-7-3-19(4-8-26)22-25-20(18-35-22)23(29)27-9-5-24(6-10-27)33-11-2-12-34-24/h18-19H,2-17H2,1H3. The monoisotopic (exact) mass is 511 g/mol. The smallest absolute Gasteiger partial charge is 0.273 e. The van der Waals surface area contributed by atoms with Gasteiger partial charge in [0.2, 0.25) is 5.91 Å². The summed E-state index contributed by atoms with van der Waals surface area (Å²) in [6, 6.07) is 0. The van der Waals surface area contributed by atoms with Crippen molar-refractivity contribution in [3.8, 4) is 0 Å². The molecule has 1 spiro atoms. The van der Waals surface area contributed by atoms with Crippen LogP contribution >= 0.6 is 11.3 Å². The van der Waals surface area contributed by atoms with Crippen LogP contribution in [0, 0.1) is 0 Å². The first-order valence-electron chi connectivity index (χ1n) is 12.5. The maximum Gasteiger partial charge on any atom is 0.273 e. The van der Waals surface area contributed by atoms with E-state index in [1.54, 1.807) is 18.4 Å². The largest absolute Gasteiger partial charge is 0.382 e. The van der Waals surface area contributed by atoms with Gasteiger partial charge in [-0.1, -0.05) is 0 Å². The number of nitrogens with zero attached hydrogens (tertiary/aromatic N) is 3. The molecule has 0 aliphatic carbocycles. The third kappa shape index (κ3) is 7.21. The minimum atomic E-state index is -0.503. The highest BCUT2D eigenvalue weighted by molar-refractivity contribution is 7.09. The minimum absolute atomic E-state index is 0.00384. The summed E-state index contributed by atoms with van der Waals surface area (Å²) in [5.74, 6) is -0.246. The van der Waals surface area contributed by atoms with E-state index in [1.165, 1.54) is 0 Å². The van der Waals surface area contributed by atoms with Crippen LogP contribution in [0.4, 0.5) is 0 Å². The van der Waals surface area contributed by atoms with Gasteiger partial charge in [0.25, 0.3) is 5.91 Å². The average Bonchev–Trinajstić information content (AvgIpc) is 3.39. The Balaban J connectivity index is 1.17. The lowest BCUT2D eigenvalue weighted by Crippen LogP contribution is -2.51. The molecule has 10 nitrogen and oxygen atoms in total. The van der Waals surface area contributed by atoms with Crippen molar-refractivity contribution >= 4 is 23.2 Å². The Morgan fingerprint density at radius 2 is 1.71 bits per heavy atom. The van der Waals surface area contributed by atoms with Gasteiger partial charge in [0.05, 0.1) is 44.6 Å². The van der Waals surface area contributed by atoms with Crippen molar-refractivity contribution in [2.75, 3.05) is 79.5 Å². The first kappa shape index (κ1) is 26.4. The Morgan fingerprint density at radius 1 is 1.03 bits per heavy atom. The second kappa shape index (κ2) is 13.1. The Labute approximate surface area is 210 Å². The van der Waals surface area contributed by atoms with Crippen molar-refractivity contribution in [3.05, 3.63) is 16.1 Å². The van der Waals surface area contributed by atoms with Crippen LogP contribution in [0.3, 0.4) is 0 Å². The number of aromatic nitrogens is 1. The van der Waals surface area contributed by atoms with Crippen LogP contribution in [0.1, 0.15) is 53.5 Å². The Kier molecular flexibility index (Phi) is 9.87. The molecule has 1 aromatic heterocycles. The highest BCUT2D eigenvalue weighted by Gasteiger charge is 2.40. The molecule has 0 unspecified atom stereocenters. The molecule has 4 rings (SSSR count). The van der Waals surface area contributed by atoms with E-state index in [0.29, 0.717) is 71.1 Å². The zero-order chi connectivity index (χ0) is 24.5. The quantitative estimate of drug-likeness (QED) is 0.439. The zero-order valence-corrected chi connectivity index (χ0v) is 21.4. The summed E-state index contributed by atoms with van der Waals surface area (Å²) in [7, 11) is 1.63. The van der Waals surface area contributed by atoms with Gasteiger partial charge in [0.15, 0.2) is 5.79 Å². The number of likely N-dealkylation sites (tertiary alicyclic amines) is 2. The van der Waals surface area contributed by atoms with E-state index in [0.717, 1.165) is 37.5 Å². The average molecular weight is 512 g/mol. The predicted molar refractivity (Wildman–Crippen MR) is 129 cm³/mol. The molecule has 0 N–H and O–H groups in total. The molecule has 3 fully saturated rings. The van der Waals surface area contributed by atoms with E-state index in [2.05, 4.69) is 4.98 Å². The molecule has 4 heterocycles. The van der Waals surface area contributed by atoms with Crippen LogP contribution in [-0.2, 0) is 28.5 Å². The lowest BCUT2D eigenvalue weighted by Gasteiger charge is -2.43. The van der Waals surface area contributed by atoms with E-state index in [-0.39, 0.29) is 24.3 Å². The number of rotatable bonds is 10. The number of ether oxygens (including phenoxy) is 5.